The van der Waals surface area contributed by atoms with E-state index >= 15 is 0 Å². The van der Waals surface area contributed by atoms with Crippen molar-refractivity contribution in [1.82, 2.24) is 9.97 Å². The maximum Gasteiger partial charge on any atom is 0.146 e. The lowest BCUT2D eigenvalue weighted by molar-refractivity contribution is 1.06. The molecule has 0 aliphatic rings. The van der Waals surface area contributed by atoms with Crippen molar-refractivity contribution < 1.29 is 0 Å². The molecule has 0 amide bonds. The molecule has 0 aliphatic carbocycles. The number of hydrogen-bond donors (Lipinski definition) is 1. The van der Waals surface area contributed by atoms with Crippen LogP contribution in [0, 0.1) is 0 Å². The Bertz CT molecular complexity index is 565. The predicted octanol–water partition coefficient (Wildman–Crippen LogP) is 3.66. The topological polar surface area (TPSA) is 55.0 Å². The minimum Gasteiger partial charge on any atom is -0.326 e. The van der Waals surface area contributed by atoms with Crippen LogP contribution < -0.4 is 10.0 Å². The molecule has 0 atom stereocenters. The summed E-state index contributed by atoms with van der Waals surface area (Å²) in [5.74, 6) is 0.746. The van der Waals surface area contributed by atoms with E-state index in [2.05, 4.69) is 9.97 Å². The number of anilines is 2. The molecular weight excluding hydrogens is 303 g/mol. The van der Waals surface area contributed by atoms with Gasteiger partial charge in [-0.25, -0.2) is 9.97 Å². The van der Waals surface area contributed by atoms with Crippen molar-refractivity contribution in [2.45, 2.75) is 6.54 Å². The SMILES string of the molecule is CSN(c1ccncn1)c1cc(Cl)cc(Cl)c1CN. The Morgan fingerprint density at radius 3 is 2.74 bits per heavy atom. The molecule has 0 fully saturated rings. The van der Waals surface area contributed by atoms with Crippen molar-refractivity contribution in [1.29, 1.82) is 0 Å². The van der Waals surface area contributed by atoms with Crippen LogP contribution in [0.1, 0.15) is 5.56 Å². The highest BCUT2D eigenvalue weighted by atomic mass is 35.5. The van der Waals surface area contributed by atoms with Gasteiger partial charge in [0.2, 0.25) is 0 Å². The van der Waals surface area contributed by atoms with E-state index in [4.69, 9.17) is 28.9 Å². The Kier molecular flexibility index (Phi) is 4.87. The van der Waals surface area contributed by atoms with Crippen molar-refractivity contribution in [3.8, 4) is 0 Å². The molecule has 2 rings (SSSR count). The summed E-state index contributed by atoms with van der Waals surface area (Å²) in [4.78, 5) is 8.14. The Morgan fingerprint density at radius 1 is 1.37 bits per heavy atom. The van der Waals surface area contributed by atoms with Gasteiger partial charge in [0.25, 0.3) is 0 Å². The standard InChI is InChI=1S/C12H12Cl2N4S/c1-19-18(12-2-3-16-7-17-12)11-5-8(13)4-10(14)9(11)6-15/h2-5,7H,6,15H2,1H3. The number of hydrogen-bond acceptors (Lipinski definition) is 5. The van der Waals surface area contributed by atoms with Gasteiger partial charge in [-0.05, 0) is 24.1 Å². The average molecular weight is 315 g/mol. The summed E-state index contributed by atoms with van der Waals surface area (Å²) in [5, 5.41) is 1.11. The second-order valence-corrected chi connectivity index (χ2v) is 5.21. The third kappa shape index (κ3) is 3.12. The molecule has 1 heterocycles. The average Bonchev–Trinajstić information content (AvgIpc) is 2.40. The van der Waals surface area contributed by atoms with Gasteiger partial charge in [0, 0.05) is 40.7 Å². The Labute approximate surface area is 126 Å². The summed E-state index contributed by atoms with van der Waals surface area (Å²) in [7, 11) is 0. The molecule has 2 aromatic rings. The number of halogens is 2. The van der Waals surface area contributed by atoms with Crippen molar-refractivity contribution in [3.05, 3.63) is 46.3 Å². The van der Waals surface area contributed by atoms with E-state index in [0.29, 0.717) is 16.6 Å². The van der Waals surface area contributed by atoms with E-state index in [1.165, 1.54) is 18.3 Å². The summed E-state index contributed by atoms with van der Waals surface area (Å²) in [6.45, 7) is 0.327. The molecule has 19 heavy (non-hydrogen) atoms. The zero-order valence-electron chi connectivity index (χ0n) is 10.2. The van der Waals surface area contributed by atoms with Crippen LogP contribution >= 0.6 is 35.1 Å². The first kappa shape index (κ1) is 14.4. The number of nitrogens with zero attached hydrogens (tertiary/aromatic N) is 3. The molecule has 2 N–H and O–H groups in total. The summed E-state index contributed by atoms with van der Waals surface area (Å²) < 4.78 is 1.92. The van der Waals surface area contributed by atoms with Gasteiger partial charge in [0.05, 0.1) is 5.69 Å². The second kappa shape index (κ2) is 6.43. The van der Waals surface area contributed by atoms with E-state index in [0.717, 1.165) is 17.1 Å². The molecule has 4 nitrogen and oxygen atoms in total. The largest absolute Gasteiger partial charge is 0.326 e. The molecule has 1 aromatic heterocycles. The highest BCUT2D eigenvalue weighted by molar-refractivity contribution is 8.00. The molecule has 0 radical (unpaired) electrons. The highest BCUT2D eigenvalue weighted by Crippen LogP contribution is 2.37. The van der Waals surface area contributed by atoms with E-state index in [1.807, 2.05) is 22.7 Å². The van der Waals surface area contributed by atoms with Gasteiger partial charge in [-0.15, -0.1) is 0 Å². The zero-order chi connectivity index (χ0) is 13.8. The maximum absolute atomic E-state index is 6.19. The molecule has 0 saturated carbocycles. The monoisotopic (exact) mass is 314 g/mol. The van der Waals surface area contributed by atoms with Gasteiger partial charge < -0.3 is 5.73 Å². The molecule has 1 aromatic carbocycles. The van der Waals surface area contributed by atoms with Crippen LogP contribution in [-0.4, -0.2) is 16.2 Å². The normalized spacial score (nSPS) is 10.5. The third-order valence-corrected chi connectivity index (χ3v) is 3.82. The van der Waals surface area contributed by atoms with Crippen molar-refractivity contribution >= 4 is 46.7 Å². The fraction of sp³-hybridized carbons (Fsp3) is 0.167. The summed E-state index contributed by atoms with van der Waals surface area (Å²) in [6.07, 6.45) is 5.11. The fourth-order valence-electron chi connectivity index (χ4n) is 1.69. The molecule has 100 valence electrons. The number of benzene rings is 1. The van der Waals surface area contributed by atoms with Crippen molar-refractivity contribution in [2.75, 3.05) is 10.6 Å². The first-order valence-corrected chi connectivity index (χ1v) is 7.39. The Hall–Kier alpha value is -1.01. The zero-order valence-corrected chi connectivity index (χ0v) is 12.5. The van der Waals surface area contributed by atoms with E-state index in [9.17, 15) is 0 Å². The van der Waals surface area contributed by atoms with E-state index in [-0.39, 0.29) is 0 Å². The molecule has 0 spiro atoms. The van der Waals surface area contributed by atoms with E-state index in [1.54, 1.807) is 12.3 Å². The van der Waals surface area contributed by atoms with Crippen LogP contribution in [0.2, 0.25) is 10.0 Å². The van der Waals surface area contributed by atoms with Gasteiger partial charge in [-0.2, -0.15) is 0 Å². The summed E-state index contributed by atoms with van der Waals surface area (Å²) in [6, 6.07) is 5.33. The molecule has 0 aliphatic heterocycles. The quantitative estimate of drug-likeness (QED) is 0.873. The lowest BCUT2D eigenvalue weighted by Crippen LogP contribution is -2.12. The van der Waals surface area contributed by atoms with Crippen LogP contribution in [0.4, 0.5) is 11.5 Å². The fourth-order valence-corrected chi connectivity index (χ4v) is 2.91. The molecule has 0 saturated heterocycles. The van der Waals surface area contributed by atoms with Crippen LogP contribution in [0.15, 0.2) is 30.7 Å². The smallest absolute Gasteiger partial charge is 0.146 e. The van der Waals surface area contributed by atoms with Crippen molar-refractivity contribution in [3.63, 3.8) is 0 Å². The first-order valence-electron chi connectivity index (χ1n) is 5.45. The first-order chi connectivity index (χ1) is 9.17. The van der Waals surface area contributed by atoms with Gasteiger partial charge >= 0.3 is 0 Å². The minimum atomic E-state index is 0.327. The summed E-state index contributed by atoms with van der Waals surface area (Å²) in [5.41, 5.74) is 7.45. The Morgan fingerprint density at radius 2 is 2.16 bits per heavy atom. The van der Waals surface area contributed by atoms with Gasteiger partial charge in [0.15, 0.2) is 0 Å². The lowest BCUT2D eigenvalue weighted by Gasteiger charge is -2.23. The molecule has 0 bridgehead atoms. The van der Waals surface area contributed by atoms with Gasteiger partial charge in [-0.3, -0.25) is 4.31 Å². The van der Waals surface area contributed by atoms with Gasteiger partial charge in [-0.1, -0.05) is 23.2 Å². The number of aromatic nitrogens is 2. The maximum atomic E-state index is 6.19. The van der Waals surface area contributed by atoms with Crippen LogP contribution in [0.25, 0.3) is 0 Å². The molecule has 0 unspecified atom stereocenters. The van der Waals surface area contributed by atoms with Crippen LogP contribution in [-0.2, 0) is 6.54 Å². The number of nitrogens with two attached hydrogens (primary N) is 1. The molecule has 7 heteroatoms. The summed E-state index contributed by atoms with van der Waals surface area (Å²) >= 11 is 13.8. The second-order valence-electron chi connectivity index (χ2n) is 3.63. The Balaban J connectivity index is 2.55. The van der Waals surface area contributed by atoms with Crippen LogP contribution in [0.5, 0.6) is 0 Å². The van der Waals surface area contributed by atoms with Gasteiger partial charge in [0.1, 0.15) is 12.1 Å². The minimum absolute atomic E-state index is 0.327. The number of rotatable bonds is 4. The highest BCUT2D eigenvalue weighted by Gasteiger charge is 2.16. The molecular formula is C12H12Cl2N4S. The lowest BCUT2D eigenvalue weighted by atomic mass is 10.1. The van der Waals surface area contributed by atoms with Crippen molar-refractivity contribution in [2.24, 2.45) is 5.73 Å². The van der Waals surface area contributed by atoms with E-state index < -0.39 is 0 Å². The predicted molar refractivity (Wildman–Crippen MR) is 82.0 cm³/mol. The van der Waals surface area contributed by atoms with Crippen LogP contribution in [0.3, 0.4) is 0 Å². The third-order valence-electron chi connectivity index (χ3n) is 2.52.